The van der Waals surface area contributed by atoms with Gasteiger partial charge in [0.15, 0.2) is 0 Å². The summed E-state index contributed by atoms with van der Waals surface area (Å²) in [6, 6.07) is 8.62. The second-order valence-electron chi connectivity index (χ2n) is 8.39. The van der Waals surface area contributed by atoms with E-state index >= 15 is 0 Å². The molecule has 4 nitrogen and oxygen atoms in total. The van der Waals surface area contributed by atoms with Crippen LogP contribution in [0, 0.1) is 22.6 Å². The molecule has 1 aromatic carbocycles. The summed E-state index contributed by atoms with van der Waals surface area (Å²) in [7, 11) is 0. The Morgan fingerprint density at radius 1 is 1.19 bits per heavy atom. The first-order chi connectivity index (χ1) is 12.3. The lowest BCUT2D eigenvalue weighted by atomic mass is 9.82. The molecule has 1 saturated carbocycles. The van der Waals surface area contributed by atoms with Crippen LogP contribution >= 0.6 is 0 Å². The molecule has 0 bridgehead atoms. The maximum atomic E-state index is 13.2. The van der Waals surface area contributed by atoms with Crippen LogP contribution < -0.4 is 10.6 Å². The zero-order valence-corrected chi connectivity index (χ0v) is 16.1. The van der Waals surface area contributed by atoms with Gasteiger partial charge >= 0.3 is 0 Å². The highest BCUT2D eigenvalue weighted by Crippen LogP contribution is 2.32. The molecule has 2 N–H and O–H groups in total. The highest BCUT2D eigenvalue weighted by Gasteiger charge is 2.33. The van der Waals surface area contributed by atoms with Gasteiger partial charge in [0.2, 0.25) is 5.91 Å². The standard InChI is InChI=1S/C21H30FN3O/c1-20(2,3)19(16-8-10-17(22)11-9-16)24-14-18(26)25-21(15-23)12-6-4-5-7-13-21/h8-11,19,24H,4-7,12-14H2,1-3H3,(H,25,26). The van der Waals surface area contributed by atoms with Crippen LogP contribution in [-0.4, -0.2) is 18.0 Å². The molecule has 5 heteroatoms. The van der Waals surface area contributed by atoms with Gasteiger partial charge in [-0.1, -0.05) is 58.6 Å². The summed E-state index contributed by atoms with van der Waals surface area (Å²) in [5, 5.41) is 15.9. The van der Waals surface area contributed by atoms with Crippen LogP contribution in [0.25, 0.3) is 0 Å². The van der Waals surface area contributed by atoms with E-state index in [1.54, 1.807) is 12.1 Å². The lowest BCUT2D eigenvalue weighted by Gasteiger charge is -2.33. The van der Waals surface area contributed by atoms with E-state index in [1.165, 1.54) is 12.1 Å². The molecular formula is C21H30FN3O. The Balaban J connectivity index is 2.02. The Kier molecular flexibility index (Phi) is 6.77. The van der Waals surface area contributed by atoms with Gasteiger partial charge < -0.3 is 10.6 Å². The zero-order valence-electron chi connectivity index (χ0n) is 16.1. The van der Waals surface area contributed by atoms with Crippen molar-refractivity contribution in [2.45, 2.75) is 70.9 Å². The van der Waals surface area contributed by atoms with E-state index in [0.717, 1.165) is 44.1 Å². The van der Waals surface area contributed by atoms with Crippen LogP contribution in [0.1, 0.15) is 70.9 Å². The van der Waals surface area contributed by atoms with E-state index in [4.69, 9.17) is 0 Å². The summed E-state index contributed by atoms with van der Waals surface area (Å²) in [6.45, 7) is 6.36. The molecule has 0 aliphatic heterocycles. The van der Waals surface area contributed by atoms with E-state index in [0.29, 0.717) is 0 Å². The minimum atomic E-state index is -0.734. The summed E-state index contributed by atoms with van der Waals surface area (Å²) < 4.78 is 13.2. The van der Waals surface area contributed by atoms with Crippen molar-refractivity contribution >= 4 is 5.91 Å². The fourth-order valence-electron chi connectivity index (χ4n) is 3.68. The van der Waals surface area contributed by atoms with Gasteiger partial charge in [-0.25, -0.2) is 4.39 Å². The number of carbonyl (C=O) groups excluding carboxylic acids is 1. The van der Waals surface area contributed by atoms with Crippen molar-refractivity contribution in [3.8, 4) is 6.07 Å². The molecule has 1 amide bonds. The van der Waals surface area contributed by atoms with Crippen molar-refractivity contribution in [3.05, 3.63) is 35.6 Å². The van der Waals surface area contributed by atoms with Crippen LogP contribution in [0.5, 0.6) is 0 Å². The lowest BCUT2D eigenvalue weighted by Crippen LogP contribution is -2.50. The summed E-state index contributed by atoms with van der Waals surface area (Å²) in [6.07, 6.45) is 5.62. The van der Waals surface area contributed by atoms with E-state index in [1.807, 2.05) is 0 Å². The Morgan fingerprint density at radius 2 is 1.77 bits per heavy atom. The fraction of sp³-hybridized carbons (Fsp3) is 0.619. The van der Waals surface area contributed by atoms with E-state index < -0.39 is 5.54 Å². The second-order valence-corrected chi connectivity index (χ2v) is 8.39. The molecule has 0 radical (unpaired) electrons. The molecule has 0 spiro atoms. The highest BCUT2D eigenvalue weighted by molar-refractivity contribution is 5.79. The van der Waals surface area contributed by atoms with E-state index in [9.17, 15) is 14.4 Å². The number of nitrogens with one attached hydrogen (secondary N) is 2. The topological polar surface area (TPSA) is 64.9 Å². The van der Waals surface area contributed by atoms with Crippen LogP contribution in [0.3, 0.4) is 0 Å². The largest absolute Gasteiger partial charge is 0.337 e. The summed E-state index contributed by atoms with van der Waals surface area (Å²) in [5.74, 6) is -0.437. The highest BCUT2D eigenvalue weighted by atomic mass is 19.1. The zero-order chi connectivity index (χ0) is 19.2. The van der Waals surface area contributed by atoms with Crippen molar-refractivity contribution in [1.29, 1.82) is 5.26 Å². The minimum Gasteiger partial charge on any atom is -0.337 e. The van der Waals surface area contributed by atoms with Gasteiger partial charge in [-0.2, -0.15) is 5.26 Å². The van der Waals surface area contributed by atoms with Crippen LogP contribution in [-0.2, 0) is 4.79 Å². The molecule has 1 unspecified atom stereocenters. The van der Waals surface area contributed by atoms with Crippen molar-refractivity contribution in [1.82, 2.24) is 10.6 Å². The molecule has 0 heterocycles. The van der Waals surface area contributed by atoms with Gasteiger partial charge in [-0.3, -0.25) is 4.79 Å². The number of rotatable bonds is 5. The fourth-order valence-corrected chi connectivity index (χ4v) is 3.68. The Bertz CT molecular complexity index is 635. The predicted molar refractivity (Wildman–Crippen MR) is 101 cm³/mol. The normalized spacial score (nSPS) is 18.4. The molecule has 0 saturated heterocycles. The molecule has 2 rings (SSSR count). The number of nitriles is 1. The first-order valence-corrected chi connectivity index (χ1v) is 9.47. The molecule has 1 aliphatic rings. The third-order valence-electron chi connectivity index (χ3n) is 5.09. The molecule has 26 heavy (non-hydrogen) atoms. The SMILES string of the molecule is CC(C)(C)C(NCC(=O)NC1(C#N)CCCCCC1)c1ccc(F)cc1. The molecule has 1 fully saturated rings. The molecule has 1 aliphatic carbocycles. The van der Waals surface area contributed by atoms with Gasteiger partial charge in [0.05, 0.1) is 12.6 Å². The maximum Gasteiger partial charge on any atom is 0.235 e. The number of nitrogens with zero attached hydrogens (tertiary/aromatic N) is 1. The van der Waals surface area contributed by atoms with Gasteiger partial charge in [0, 0.05) is 6.04 Å². The molecule has 0 aromatic heterocycles. The predicted octanol–water partition coefficient (Wildman–Crippen LogP) is 4.24. The average Bonchev–Trinajstić information content (AvgIpc) is 2.81. The number of hydrogen-bond donors (Lipinski definition) is 2. The molecule has 1 atom stereocenters. The van der Waals surface area contributed by atoms with Crippen LogP contribution in [0.4, 0.5) is 4.39 Å². The summed E-state index contributed by atoms with van der Waals surface area (Å²) in [5.41, 5.74) is 0.0616. The van der Waals surface area contributed by atoms with E-state index in [-0.39, 0.29) is 29.7 Å². The monoisotopic (exact) mass is 359 g/mol. The summed E-state index contributed by atoms with van der Waals surface area (Å²) >= 11 is 0. The summed E-state index contributed by atoms with van der Waals surface area (Å²) in [4.78, 5) is 12.5. The van der Waals surface area contributed by atoms with Crippen molar-refractivity contribution in [2.24, 2.45) is 5.41 Å². The number of carbonyl (C=O) groups is 1. The third-order valence-corrected chi connectivity index (χ3v) is 5.09. The number of hydrogen-bond acceptors (Lipinski definition) is 3. The van der Waals surface area contributed by atoms with Crippen molar-refractivity contribution < 1.29 is 9.18 Å². The van der Waals surface area contributed by atoms with Crippen molar-refractivity contribution in [2.75, 3.05) is 6.54 Å². The van der Waals surface area contributed by atoms with Crippen LogP contribution in [0.15, 0.2) is 24.3 Å². The average molecular weight is 359 g/mol. The minimum absolute atomic E-state index is 0.0963. The molecule has 142 valence electrons. The number of amides is 1. The van der Waals surface area contributed by atoms with E-state index in [2.05, 4.69) is 37.5 Å². The Hall–Kier alpha value is -1.93. The van der Waals surface area contributed by atoms with Gasteiger partial charge in [-0.15, -0.1) is 0 Å². The van der Waals surface area contributed by atoms with Crippen molar-refractivity contribution in [3.63, 3.8) is 0 Å². The number of halogens is 1. The van der Waals surface area contributed by atoms with Gasteiger partial charge in [0.1, 0.15) is 11.4 Å². The first-order valence-electron chi connectivity index (χ1n) is 9.47. The Morgan fingerprint density at radius 3 is 2.27 bits per heavy atom. The van der Waals surface area contributed by atoms with Gasteiger partial charge in [-0.05, 0) is 36.0 Å². The second kappa shape index (κ2) is 8.64. The first kappa shape index (κ1) is 20.4. The quantitative estimate of drug-likeness (QED) is 0.773. The lowest BCUT2D eigenvalue weighted by molar-refractivity contribution is -0.122. The van der Waals surface area contributed by atoms with Gasteiger partial charge in [0.25, 0.3) is 0 Å². The molecular weight excluding hydrogens is 329 g/mol. The third kappa shape index (κ3) is 5.54. The maximum absolute atomic E-state index is 13.2. The smallest absolute Gasteiger partial charge is 0.235 e. The van der Waals surface area contributed by atoms with Crippen LogP contribution in [0.2, 0.25) is 0 Å². The number of benzene rings is 1. The molecule has 1 aromatic rings. The Labute approximate surface area is 156 Å².